The largest absolute Gasteiger partial charge is 0.356 e. The van der Waals surface area contributed by atoms with Crippen molar-refractivity contribution in [3.8, 4) is 0 Å². The highest BCUT2D eigenvalue weighted by molar-refractivity contribution is 9.10. The third-order valence-corrected chi connectivity index (χ3v) is 3.12. The van der Waals surface area contributed by atoms with Crippen molar-refractivity contribution < 1.29 is 4.79 Å². The molecule has 2 N–H and O–H groups in total. The van der Waals surface area contributed by atoms with Crippen LogP contribution in [0.25, 0.3) is 0 Å². The average Bonchev–Trinajstić information content (AvgIpc) is 2.74. The Morgan fingerprint density at radius 1 is 1.41 bits per heavy atom. The van der Waals surface area contributed by atoms with Crippen LogP contribution in [0.1, 0.15) is 16.1 Å². The van der Waals surface area contributed by atoms with Crippen LogP contribution in [0.5, 0.6) is 0 Å². The zero-order valence-electron chi connectivity index (χ0n) is 8.84. The molecule has 88 valence electrons. The number of nitrogens with one attached hydrogen (secondary N) is 2. The van der Waals surface area contributed by atoms with Crippen molar-refractivity contribution >= 4 is 33.4 Å². The Hall–Kier alpha value is -1.26. The number of hydrogen-bond acceptors (Lipinski definition) is 1. The Kier molecular flexibility index (Phi) is 3.86. The predicted octanol–water partition coefficient (Wildman–Crippen LogP) is 3.36. The minimum absolute atomic E-state index is 0.157. The van der Waals surface area contributed by atoms with Crippen molar-refractivity contribution in [1.29, 1.82) is 0 Å². The number of benzene rings is 1. The minimum atomic E-state index is -0.157. The van der Waals surface area contributed by atoms with Crippen LogP contribution in [0, 0.1) is 0 Å². The van der Waals surface area contributed by atoms with Crippen molar-refractivity contribution in [3.05, 3.63) is 57.3 Å². The molecule has 5 heteroatoms. The predicted molar refractivity (Wildman–Crippen MR) is 71.1 cm³/mol. The van der Waals surface area contributed by atoms with Gasteiger partial charge in [-0.05, 0) is 33.6 Å². The molecule has 1 heterocycles. The Morgan fingerprint density at radius 3 is 2.82 bits per heavy atom. The fraction of sp³-hybridized carbons (Fsp3) is 0.0833. The van der Waals surface area contributed by atoms with Crippen LogP contribution in [0.4, 0.5) is 0 Å². The van der Waals surface area contributed by atoms with E-state index in [0.29, 0.717) is 17.3 Å². The van der Waals surface area contributed by atoms with Gasteiger partial charge in [0.05, 0.1) is 0 Å². The number of carbonyl (C=O) groups is 1. The van der Waals surface area contributed by atoms with Crippen molar-refractivity contribution in [2.75, 3.05) is 0 Å². The molecule has 0 aliphatic rings. The third-order valence-electron chi connectivity index (χ3n) is 2.29. The molecule has 1 amide bonds. The summed E-state index contributed by atoms with van der Waals surface area (Å²) in [6.07, 6.45) is 1.71. The molecular weight excluding hydrogens is 304 g/mol. The highest BCUT2D eigenvalue weighted by atomic mass is 79.9. The van der Waals surface area contributed by atoms with E-state index in [0.717, 1.165) is 10.0 Å². The molecule has 0 unspecified atom stereocenters. The first kappa shape index (κ1) is 12.2. The minimum Gasteiger partial charge on any atom is -0.356 e. The second-order valence-electron chi connectivity index (χ2n) is 3.51. The van der Waals surface area contributed by atoms with Gasteiger partial charge >= 0.3 is 0 Å². The maximum absolute atomic E-state index is 11.7. The lowest BCUT2D eigenvalue weighted by molar-refractivity contribution is 0.0946. The van der Waals surface area contributed by atoms with Crippen molar-refractivity contribution in [3.63, 3.8) is 0 Å². The fourth-order valence-corrected chi connectivity index (χ4v) is 1.96. The van der Waals surface area contributed by atoms with E-state index in [1.165, 1.54) is 0 Å². The molecule has 0 bridgehead atoms. The maximum Gasteiger partial charge on any atom is 0.268 e. The number of aromatic nitrogens is 1. The normalized spacial score (nSPS) is 10.2. The molecular formula is C12H10BrClN2O. The van der Waals surface area contributed by atoms with Crippen LogP contribution in [-0.4, -0.2) is 10.9 Å². The monoisotopic (exact) mass is 312 g/mol. The van der Waals surface area contributed by atoms with Gasteiger partial charge in [-0.25, -0.2) is 0 Å². The van der Waals surface area contributed by atoms with Gasteiger partial charge in [0, 0.05) is 22.2 Å². The molecule has 17 heavy (non-hydrogen) atoms. The summed E-state index contributed by atoms with van der Waals surface area (Å²) in [7, 11) is 0. The molecule has 0 atom stereocenters. The topological polar surface area (TPSA) is 44.9 Å². The highest BCUT2D eigenvalue weighted by Crippen LogP contribution is 2.15. The van der Waals surface area contributed by atoms with Gasteiger partial charge in [-0.1, -0.05) is 29.8 Å². The van der Waals surface area contributed by atoms with Crippen molar-refractivity contribution in [2.24, 2.45) is 0 Å². The Labute approximate surface area is 112 Å². The summed E-state index contributed by atoms with van der Waals surface area (Å²) in [5.41, 5.74) is 1.41. The highest BCUT2D eigenvalue weighted by Gasteiger charge is 2.08. The van der Waals surface area contributed by atoms with Gasteiger partial charge in [0.2, 0.25) is 0 Å². The number of halogens is 2. The number of H-pyrrole nitrogens is 1. The molecule has 0 aliphatic carbocycles. The van der Waals surface area contributed by atoms with Crippen LogP contribution in [0.3, 0.4) is 0 Å². The first-order chi connectivity index (χ1) is 8.16. The average molecular weight is 314 g/mol. The first-order valence-electron chi connectivity index (χ1n) is 5.02. The lowest BCUT2D eigenvalue weighted by Gasteiger charge is -2.05. The zero-order chi connectivity index (χ0) is 12.3. The summed E-state index contributed by atoms with van der Waals surface area (Å²) in [5, 5.41) is 3.45. The summed E-state index contributed by atoms with van der Waals surface area (Å²) >= 11 is 9.27. The molecule has 3 nitrogen and oxygen atoms in total. The summed E-state index contributed by atoms with van der Waals surface area (Å²) in [6, 6.07) is 9.15. The van der Waals surface area contributed by atoms with Crippen LogP contribution < -0.4 is 5.32 Å². The molecule has 0 spiro atoms. The van der Waals surface area contributed by atoms with E-state index < -0.39 is 0 Å². The second-order valence-corrected chi connectivity index (χ2v) is 4.83. The number of aromatic amines is 1. The van der Waals surface area contributed by atoms with Gasteiger partial charge in [0.1, 0.15) is 5.69 Å². The SMILES string of the molecule is O=C(NCc1ccccc1Cl)c1cc(Br)c[nH]1. The maximum atomic E-state index is 11.7. The van der Waals surface area contributed by atoms with Gasteiger partial charge in [0.25, 0.3) is 5.91 Å². The van der Waals surface area contributed by atoms with Crippen molar-refractivity contribution in [1.82, 2.24) is 10.3 Å². The molecule has 1 aromatic heterocycles. The van der Waals surface area contributed by atoms with Gasteiger partial charge in [-0.3, -0.25) is 4.79 Å². The van der Waals surface area contributed by atoms with E-state index in [-0.39, 0.29) is 5.91 Å². The quantitative estimate of drug-likeness (QED) is 0.896. The first-order valence-corrected chi connectivity index (χ1v) is 6.19. The van der Waals surface area contributed by atoms with E-state index in [2.05, 4.69) is 26.2 Å². The summed E-state index contributed by atoms with van der Waals surface area (Å²) in [4.78, 5) is 14.6. The van der Waals surface area contributed by atoms with Crippen LogP contribution in [0.15, 0.2) is 41.0 Å². The molecule has 0 saturated heterocycles. The van der Waals surface area contributed by atoms with Gasteiger partial charge in [0.15, 0.2) is 0 Å². The Bertz CT molecular complexity index is 539. The lowest BCUT2D eigenvalue weighted by atomic mass is 10.2. The fourth-order valence-electron chi connectivity index (χ4n) is 1.41. The molecule has 0 aliphatic heterocycles. The molecule has 0 saturated carbocycles. The van der Waals surface area contributed by atoms with Crippen LogP contribution in [-0.2, 0) is 6.54 Å². The summed E-state index contributed by atoms with van der Waals surface area (Å²) < 4.78 is 0.848. The molecule has 1 aromatic carbocycles. The zero-order valence-corrected chi connectivity index (χ0v) is 11.2. The van der Waals surface area contributed by atoms with E-state index in [9.17, 15) is 4.79 Å². The van der Waals surface area contributed by atoms with Crippen LogP contribution >= 0.6 is 27.5 Å². The molecule has 0 fully saturated rings. The van der Waals surface area contributed by atoms with Crippen LogP contribution in [0.2, 0.25) is 5.02 Å². The molecule has 2 aromatic rings. The van der Waals surface area contributed by atoms with Gasteiger partial charge < -0.3 is 10.3 Å². The number of rotatable bonds is 3. The van der Waals surface area contributed by atoms with Crippen molar-refractivity contribution in [2.45, 2.75) is 6.54 Å². The molecule has 2 rings (SSSR count). The van der Waals surface area contributed by atoms with Gasteiger partial charge in [-0.2, -0.15) is 0 Å². The summed E-state index contributed by atoms with van der Waals surface area (Å²) in [5.74, 6) is -0.157. The lowest BCUT2D eigenvalue weighted by Crippen LogP contribution is -2.23. The van der Waals surface area contributed by atoms with E-state index in [1.807, 2.05) is 18.2 Å². The smallest absolute Gasteiger partial charge is 0.268 e. The Balaban J connectivity index is 1.99. The third kappa shape index (κ3) is 3.11. The van der Waals surface area contributed by atoms with E-state index >= 15 is 0 Å². The van der Waals surface area contributed by atoms with E-state index in [4.69, 9.17) is 11.6 Å². The van der Waals surface area contributed by atoms with E-state index in [1.54, 1.807) is 18.3 Å². The molecule has 0 radical (unpaired) electrons. The number of carbonyl (C=O) groups excluding carboxylic acids is 1. The second kappa shape index (κ2) is 5.38. The number of amides is 1. The Morgan fingerprint density at radius 2 is 2.18 bits per heavy atom. The standard InChI is InChI=1S/C12H10BrClN2O/c13-9-5-11(15-7-9)12(17)16-6-8-3-1-2-4-10(8)14/h1-5,7,15H,6H2,(H,16,17). The van der Waals surface area contributed by atoms with Gasteiger partial charge in [-0.15, -0.1) is 0 Å². The number of hydrogen-bond donors (Lipinski definition) is 2. The summed E-state index contributed by atoms with van der Waals surface area (Å²) in [6.45, 7) is 0.412.